The Labute approximate surface area is 155 Å². The number of aryl methyl sites for hydroxylation is 1. The fourth-order valence-corrected chi connectivity index (χ4v) is 2.47. The molecule has 0 saturated carbocycles. The molecule has 0 aliphatic heterocycles. The Hall–Kier alpha value is -2.88. The normalized spacial score (nSPS) is 10.6. The average Bonchev–Trinajstić information content (AvgIpc) is 3.01. The number of rotatable bonds is 5. The topological polar surface area (TPSA) is 81.9 Å². The molecule has 0 saturated heterocycles. The van der Waals surface area contributed by atoms with E-state index in [4.69, 9.17) is 4.74 Å². The van der Waals surface area contributed by atoms with Crippen molar-refractivity contribution >= 4 is 27.5 Å². The molecule has 0 spiro atoms. The van der Waals surface area contributed by atoms with Gasteiger partial charge >= 0.3 is 0 Å². The SMILES string of the molecule is Cc1nnnn1-c1cc(NC(=O)COc2ccc(Br)cc2F)ccc1F. The Kier molecular flexibility index (Phi) is 5.21. The maximum absolute atomic E-state index is 14.0. The Balaban J connectivity index is 1.69. The average molecular weight is 424 g/mol. The van der Waals surface area contributed by atoms with Crippen molar-refractivity contribution in [3.8, 4) is 11.4 Å². The van der Waals surface area contributed by atoms with Crippen LogP contribution in [0.2, 0.25) is 0 Å². The molecular formula is C16H12BrF2N5O2. The summed E-state index contributed by atoms with van der Waals surface area (Å²) in [6.07, 6.45) is 0. The lowest BCUT2D eigenvalue weighted by molar-refractivity contribution is -0.118. The quantitative estimate of drug-likeness (QED) is 0.681. The van der Waals surface area contributed by atoms with Crippen molar-refractivity contribution in [3.63, 3.8) is 0 Å². The molecule has 1 N–H and O–H groups in total. The number of tetrazole rings is 1. The molecule has 3 aromatic rings. The number of benzene rings is 2. The van der Waals surface area contributed by atoms with Crippen molar-refractivity contribution < 1.29 is 18.3 Å². The van der Waals surface area contributed by atoms with Crippen LogP contribution in [0.5, 0.6) is 5.75 Å². The van der Waals surface area contributed by atoms with Gasteiger partial charge in [0.05, 0.1) is 0 Å². The highest BCUT2D eigenvalue weighted by Gasteiger charge is 2.12. The van der Waals surface area contributed by atoms with Crippen molar-refractivity contribution in [3.05, 3.63) is 58.3 Å². The first-order valence-corrected chi connectivity index (χ1v) is 8.16. The predicted molar refractivity (Wildman–Crippen MR) is 92.1 cm³/mol. The molecule has 7 nitrogen and oxygen atoms in total. The Morgan fingerprint density at radius 3 is 2.73 bits per heavy atom. The maximum atomic E-state index is 14.0. The van der Waals surface area contributed by atoms with Gasteiger partial charge in [-0.3, -0.25) is 4.79 Å². The van der Waals surface area contributed by atoms with E-state index in [2.05, 4.69) is 36.8 Å². The summed E-state index contributed by atoms with van der Waals surface area (Å²) in [4.78, 5) is 12.0. The highest BCUT2D eigenvalue weighted by Crippen LogP contribution is 2.22. The van der Waals surface area contributed by atoms with Crippen LogP contribution >= 0.6 is 15.9 Å². The first-order chi connectivity index (χ1) is 12.4. The van der Waals surface area contributed by atoms with E-state index < -0.39 is 24.1 Å². The second-order valence-electron chi connectivity index (χ2n) is 5.22. The number of aromatic nitrogens is 4. The third-order valence-electron chi connectivity index (χ3n) is 3.34. The molecule has 1 heterocycles. The number of carbonyl (C=O) groups is 1. The van der Waals surface area contributed by atoms with E-state index in [1.54, 1.807) is 13.0 Å². The van der Waals surface area contributed by atoms with Gasteiger partial charge in [-0.25, -0.2) is 8.78 Å². The second kappa shape index (κ2) is 7.56. The molecule has 2 aromatic carbocycles. The Morgan fingerprint density at radius 1 is 1.23 bits per heavy atom. The summed E-state index contributed by atoms with van der Waals surface area (Å²) in [5.41, 5.74) is 0.409. The molecule has 10 heteroatoms. The van der Waals surface area contributed by atoms with E-state index in [0.717, 1.165) is 0 Å². The maximum Gasteiger partial charge on any atom is 0.262 e. The van der Waals surface area contributed by atoms with Crippen LogP contribution in [0.1, 0.15) is 5.82 Å². The van der Waals surface area contributed by atoms with Crippen LogP contribution in [0.4, 0.5) is 14.5 Å². The van der Waals surface area contributed by atoms with Crippen molar-refractivity contribution in [1.82, 2.24) is 20.2 Å². The molecule has 0 atom stereocenters. The monoisotopic (exact) mass is 423 g/mol. The third-order valence-corrected chi connectivity index (χ3v) is 3.83. The number of hydrogen-bond acceptors (Lipinski definition) is 5. The summed E-state index contributed by atoms with van der Waals surface area (Å²) in [5, 5.41) is 13.4. The zero-order valence-electron chi connectivity index (χ0n) is 13.4. The lowest BCUT2D eigenvalue weighted by Gasteiger charge is -2.10. The number of anilines is 1. The summed E-state index contributed by atoms with van der Waals surface area (Å²) in [6, 6.07) is 8.18. The van der Waals surface area contributed by atoms with Crippen molar-refractivity contribution in [2.45, 2.75) is 6.92 Å². The summed E-state index contributed by atoms with van der Waals surface area (Å²) >= 11 is 3.13. The lowest BCUT2D eigenvalue weighted by Crippen LogP contribution is -2.20. The van der Waals surface area contributed by atoms with E-state index in [1.807, 2.05) is 0 Å². The van der Waals surface area contributed by atoms with Crippen molar-refractivity contribution in [1.29, 1.82) is 0 Å². The van der Waals surface area contributed by atoms with Gasteiger partial charge in [0.15, 0.2) is 24.0 Å². The van der Waals surface area contributed by atoms with Crippen molar-refractivity contribution in [2.75, 3.05) is 11.9 Å². The van der Waals surface area contributed by atoms with Crippen molar-refractivity contribution in [2.24, 2.45) is 0 Å². The van der Waals surface area contributed by atoms with Gasteiger partial charge in [-0.15, -0.1) is 5.10 Å². The number of amides is 1. The van der Waals surface area contributed by atoms with E-state index in [1.165, 1.54) is 35.0 Å². The van der Waals surface area contributed by atoms with Gasteiger partial charge in [0.25, 0.3) is 5.91 Å². The minimum absolute atomic E-state index is 0.0486. The van der Waals surface area contributed by atoms with Crippen LogP contribution in [0, 0.1) is 18.6 Å². The molecule has 0 aliphatic rings. The summed E-state index contributed by atoms with van der Waals surface area (Å²) in [6.45, 7) is 1.21. The molecule has 26 heavy (non-hydrogen) atoms. The molecule has 0 fully saturated rings. The van der Waals surface area contributed by atoms with E-state index >= 15 is 0 Å². The largest absolute Gasteiger partial charge is 0.481 e. The van der Waals surface area contributed by atoms with Gasteiger partial charge in [0.1, 0.15) is 11.5 Å². The van der Waals surface area contributed by atoms with Crippen LogP contribution in [-0.2, 0) is 4.79 Å². The van der Waals surface area contributed by atoms with E-state index in [9.17, 15) is 13.6 Å². The predicted octanol–water partition coefficient (Wildman–Crippen LogP) is 3.03. The minimum Gasteiger partial charge on any atom is -0.481 e. The fourth-order valence-electron chi connectivity index (χ4n) is 2.14. The molecule has 134 valence electrons. The van der Waals surface area contributed by atoms with E-state index in [0.29, 0.717) is 16.0 Å². The van der Waals surface area contributed by atoms with Crippen LogP contribution in [0.3, 0.4) is 0 Å². The van der Waals surface area contributed by atoms with Gasteiger partial charge in [-0.05, 0) is 53.7 Å². The number of nitrogens with one attached hydrogen (secondary N) is 1. The van der Waals surface area contributed by atoms with Crippen LogP contribution in [-0.4, -0.2) is 32.7 Å². The van der Waals surface area contributed by atoms with Gasteiger partial charge in [-0.1, -0.05) is 15.9 Å². The van der Waals surface area contributed by atoms with Gasteiger partial charge < -0.3 is 10.1 Å². The minimum atomic E-state index is -0.592. The summed E-state index contributed by atoms with van der Waals surface area (Å²) < 4.78 is 34.6. The van der Waals surface area contributed by atoms with Crippen LogP contribution in [0.25, 0.3) is 5.69 Å². The molecule has 0 aliphatic carbocycles. The molecule has 0 radical (unpaired) electrons. The molecular weight excluding hydrogens is 412 g/mol. The fraction of sp³-hybridized carbons (Fsp3) is 0.125. The number of hydrogen-bond donors (Lipinski definition) is 1. The second-order valence-corrected chi connectivity index (χ2v) is 6.13. The molecule has 3 rings (SSSR count). The summed E-state index contributed by atoms with van der Waals surface area (Å²) in [7, 11) is 0. The van der Waals surface area contributed by atoms with Crippen LogP contribution in [0.15, 0.2) is 40.9 Å². The number of ether oxygens (including phenoxy) is 1. The Morgan fingerprint density at radius 2 is 2.04 bits per heavy atom. The smallest absolute Gasteiger partial charge is 0.262 e. The zero-order valence-corrected chi connectivity index (χ0v) is 15.0. The first-order valence-electron chi connectivity index (χ1n) is 7.36. The van der Waals surface area contributed by atoms with Gasteiger partial charge in [-0.2, -0.15) is 4.68 Å². The highest BCUT2D eigenvalue weighted by molar-refractivity contribution is 9.10. The van der Waals surface area contributed by atoms with Gasteiger partial charge in [0, 0.05) is 10.2 Å². The van der Waals surface area contributed by atoms with Crippen LogP contribution < -0.4 is 10.1 Å². The van der Waals surface area contributed by atoms with Gasteiger partial charge in [0.2, 0.25) is 0 Å². The highest BCUT2D eigenvalue weighted by atomic mass is 79.9. The molecule has 0 unspecified atom stereocenters. The third kappa shape index (κ3) is 4.02. The molecule has 1 aromatic heterocycles. The molecule has 1 amide bonds. The zero-order chi connectivity index (χ0) is 18.7. The lowest BCUT2D eigenvalue weighted by atomic mass is 10.2. The first kappa shape index (κ1) is 17.9. The van der Waals surface area contributed by atoms with E-state index in [-0.39, 0.29) is 11.4 Å². The molecule has 0 bridgehead atoms. The standard InChI is InChI=1S/C16H12BrF2N5O2/c1-9-21-22-23-24(9)14-7-11(3-4-12(14)18)20-16(25)8-26-15-5-2-10(17)6-13(15)19/h2-7H,8H2,1H3,(H,20,25). The number of carbonyl (C=O) groups excluding carboxylic acids is 1. The number of nitrogens with zero attached hydrogens (tertiary/aromatic N) is 4. The Bertz CT molecular complexity index is 964. The number of halogens is 3. The summed E-state index contributed by atoms with van der Waals surface area (Å²) in [5.74, 6) is -1.33.